The average Bonchev–Trinajstić information content (AvgIpc) is 2.61. The number of carboxylic acids is 1. The summed E-state index contributed by atoms with van der Waals surface area (Å²) in [4.78, 5) is 22.1. The standard InChI is InChI=1S/C18H16N2O6/c1-26-11-17(18(21)22)15-7-3-5-13(10-19-23)16(15)9-12-4-2-6-14(8-12)20(24)25/h2-8,10-11,23H,9H2,1H3,(H,21,22). The lowest BCUT2D eigenvalue weighted by Gasteiger charge is -2.13. The highest BCUT2D eigenvalue weighted by atomic mass is 16.6. The Balaban J connectivity index is 2.61. The van der Waals surface area contributed by atoms with E-state index in [1.165, 1.54) is 25.5 Å². The van der Waals surface area contributed by atoms with Gasteiger partial charge in [-0.3, -0.25) is 10.1 Å². The lowest BCUT2D eigenvalue weighted by Crippen LogP contribution is -2.07. The first kappa shape index (κ1) is 18.7. The Morgan fingerprint density at radius 1 is 1.31 bits per heavy atom. The van der Waals surface area contributed by atoms with E-state index >= 15 is 0 Å². The number of carbonyl (C=O) groups is 1. The van der Waals surface area contributed by atoms with Gasteiger partial charge in [0.2, 0.25) is 0 Å². The molecular formula is C18H16N2O6. The molecule has 0 saturated carbocycles. The van der Waals surface area contributed by atoms with Crippen LogP contribution in [0.2, 0.25) is 0 Å². The van der Waals surface area contributed by atoms with E-state index in [2.05, 4.69) is 5.16 Å². The summed E-state index contributed by atoms with van der Waals surface area (Å²) in [6.07, 6.45) is 2.49. The molecule has 2 aromatic rings. The molecular weight excluding hydrogens is 340 g/mol. The summed E-state index contributed by atoms with van der Waals surface area (Å²) in [6, 6.07) is 10.9. The average molecular weight is 356 g/mol. The summed E-state index contributed by atoms with van der Waals surface area (Å²) in [5.74, 6) is -1.19. The molecule has 0 spiro atoms. The van der Waals surface area contributed by atoms with Crippen molar-refractivity contribution >= 4 is 23.4 Å². The second-order valence-corrected chi connectivity index (χ2v) is 5.29. The number of nitro groups is 1. The molecule has 0 aliphatic rings. The van der Waals surface area contributed by atoms with E-state index in [1.807, 2.05) is 0 Å². The van der Waals surface area contributed by atoms with Gasteiger partial charge in [-0.2, -0.15) is 0 Å². The van der Waals surface area contributed by atoms with Crippen molar-refractivity contribution in [3.05, 3.63) is 81.1 Å². The third kappa shape index (κ3) is 4.23. The first-order valence-electron chi connectivity index (χ1n) is 7.47. The van der Waals surface area contributed by atoms with Crippen LogP contribution in [0.3, 0.4) is 0 Å². The van der Waals surface area contributed by atoms with Crippen LogP contribution in [-0.2, 0) is 16.0 Å². The van der Waals surface area contributed by atoms with E-state index in [1.54, 1.807) is 30.3 Å². The number of non-ortho nitro benzene ring substituents is 1. The largest absolute Gasteiger partial charge is 0.503 e. The van der Waals surface area contributed by atoms with Crippen LogP contribution in [0.15, 0.2) is 53.9 Å². The van der Waals surface area contributed by atoms with Crippen molar-refractivity contribution in [2.24, 2.45) is 5.16 Å². The molecule has 134 valence electrons. The molecule has 0 bridgehead atoms. The normalized spacial score (nSPS) is 11.5. The Morgan fingerprint density at radius 2 is 2.04 bits per heavy atom. The fraction of sp³-hybridized carbons (Fsp3) is 0.111. The van der Waals surface area contributed by atoms with Gasteiger partial charge in [0.1, 0.15) is 5.57 Å². The Morgan fingerprint density at radius 3 is 2.65 bits per heavy atom. The first-order chi connectivity index (χ1) is 12.5. The maximum atomic E-state index is 11.6. The number of aliphatic carboxylic acids is 1. The molecule has 0 radical (unpaired) electrons. The molecule has 2 aromatic carbocycles. The number of nitro benzene ring substituents is 1. The number of benzene rings is 2. The van der Waals surface area contributed by atoms with Crippen molar-refractivity contribution < 1.29 is 24.8 Å². The number of carboxylic acid groups (broad SMARTS) is 1. The summed E-state index contributed by atoms with van der Waals surface area (Å²) >= 11 is 0. The van der Waals surface area contributed by atoms with Gasteiger partial charge in [0, 0.05) is 17.7 Å². The predicted octanol–water partition coefficient (Wildman–Crippen LogP) is 3.07. The second-order valence-electron chi connectivity index (χ2n) is 5.29. The Hall–Kier alpha value is -3.68. The molecule has 2 N–H and O–H groups in total. The zero-order chi connectivity index (χ0) is 19.1. The lowest BCUT2D eigenvalue weighted by molar-refractivity contribution is -0.384. The number of hydrogen-bond donors (Lipinski definition) is 2. The number of oxime groups is 1. The van der Waals surface area contributed by atoms with Gasteiger partial charge in [0.25, 0.3) is 5.69 Å². The molecule has 0 aliphatic heterocycles. The van der Waals surface area contributed by atoms with Crippen LogP contribution in [0, 0.1) is 10.1 Å². The number of methoxy groups -OCH3 is 1. The molecule has 2 rings (SSSR count). The maximum absolute atomic E-state index is 11.6. The number of rotatable bonds is 7. The van der Waals surface area contributed by atoms with Gasteiger partial charge in [0.05, 0.1) is 24.5 Å². The van der Waals surface area contributed by atoms with Gasteiger partial charge >= 0.3 is 5.97 Å². The molecule has 0 aromatic heterocycles. The minimum absolute atomic E-state index is 0.0664. The van der Waals surface area contributed by atoms with Crippen LogP contribution in [0.25, 0.3) is 5.57 Å². The van der Waals surface area contributed by atoms with Gasteiger partial charge < -0.3 is 15.1 Å². The molecule has 8 heteroatoms. The van der Waals surface area contributed by atoms with Gasteiger partial charge in [-0.25, -0.2) is 4.79 Å². The summed E-state index contributed by atoms with van der Waals surface area (Å²) in [6.45, 7) is 0. The lowest BCUT2D eigenvalue weighted by atomic mass is 9.91. The number of hydrogen-bond acceptors (Lipinski definition) is 6. The van der Waals surface area contributed by atoms with Gasteiger partial charge in [0.15, 0.2) is 0 Å². The zero-order valence-electron chi connectivity index (χ0n) is 13.8. The van der Waals surface area contributed by atoms with Crippen molar-refractivity contribution in [3.8, 4) is 0 Å². The number of nitrogens with zero attached hydrogens (tertiary/aromatic N) is 2. The molecule has 0 heterocycles. The Labute approximate surface area is 148 Å². The summed E-state index contributed by atoms with van der Waals surface area (Å²) < 4.78 is 4.86. The summed E-state index contributed by atoms with van der Waals surface area (Å²) in [5.41, 5.74) is 1.85. The van der Waals surface area contributed by atoms with Crippen LogP contribution in [0.5, 0.6) is 0 Å². The van der Waals surface area contributed by atoms with Crippen molar-refractivity contribution in [1.82, 2.24) is 0 Å². The highest BCUT2D eigenvalue weighted by Crippen LogP contribution is 2.26. The van der Waals surface area contributed by atoms with Crippen LogP contribution in [0.1, 0.15) is 22.3 Å². The summed E-state index contributed by atoms with van der Waals surface area (Å²) in [5, 5.41) is 32.3. The fourth-order valence-electron chi connectivity index (χ4n) is 2.57. The molecule has 8 nitrogen and oxygen atoms in total. The SMILES string of the molecule is COC=C(C(=O)O)c1cccc(C=NO)c1Cc1cccc([N+](=O)[O-])c1. The highest BCUT2D eigenvalue weighted by molar-refractivity contribution is 6.16. The fourth-order valence-corrected chi connectivity index (χ4v) is 2.57. The molecule has 0 aliphatic carbocycles. The minimum Gasteiger partial charge on any atom is -0.503 e. The first-order valence-corrected chi connectivity index (χ1v) is 7.47. The number of ether oxygens (including phenoxy) is 1. The van der Waals surface area contributed by atoms with Crippen molar-refractivity contribution in [3.63, 3.8) is 0 Å². The monoisotopic (exact) mass is 356 g/mol. The van der Waals surface area contributed by atoms with E-state index in [9.17, 15) is 20.0 Å². The van der Waals surface area contributed by atoms with Crippen molar-refractivity contribution in [2.75, 3.05) is 7.11 Å². The van der Waals surface area contributed by atoms with Gasteiger partial charge in [-0.1, -0.05) is 35.5 Å². The van der Waals surface area contributed by atoms with Gasteiger partial charge in [-0.05, 0) is 23.1 Å². The van der Waals surface area contributed by atoms with Crippen LogP contribution in [0.4, 0.5) is 5.69 Å². The smallest absolute Gasteiger partial charge is 0.339 e. The molecule has 0 atom stereocenters. The highest BCUT2D eigenvalue weighted by Gasteiger charge is 2.18. The second kappa shape index (κ2) is 8.43. The molecule has 26 heavy (non-hydrogen) atoms. The van der Waals surface area contributed by atoms with E-state index in [-0.39, 0.29) is 17.7 Å². The van der Waals surface area contributed by atoms with E-state index in [4.69, 9.17) is 9.94 Å². The third-order valence-electron chi connectivity index (χ3n) is 3.67. The van der Waals surface area contributed by atoms with Crippen LogP contribution >= 0.6 is 0 Å². The van der Waals surface area contributed by atoms with E-state index < -0.39 is 10.9 Å². The molecule has 0 saturated heterocycles. The molecule has 0 amide bonds. The van der Waals surface area contributed by atoms with Crippen LogP contribution < -0.4 is 0 Å². The maximum Gasteiger partial charge on any atom is 0.339 e. The van der Waals surface area contributed by atoms with E-state index in [0.717, 1.165) is 6.26 Å². The van der Waals surface area contributed by atoms with Gasteiger partial charge in [-0.15, -0.1) is 0 Å². The Kier molecular flexibility index (Phi) is 6.05. The molecule has 0 fully saturated rings. The van der Waals surface area contributed by atoms with Crippen LogP contribution in [-0.4, -0.2) is 34.5 Å². The summed E-state index contributed by atoms with van der Waals surface area (Å²) in [7, 11) is 1.34. The zero-order valence-corrected chi connectivity index (χ0v) is 13.8. The van der Waals surface area contributed by atoms with E-state index in [0.29, 0.717) is 22.3 Å². The predicted molar refractivity (Wildman–Crippen MR) is 94.3 cm³/mol. The third-order valence-corrected chi connectivity index (χ3v) is 3.67. The quantitative estimate of drug-likeness (QED) is 0.196. The minimum atomic E-state index is -1.19. The molecule has 0 unspecified atom stereocenters. The Bertz CT molecular complexity index is 889. The van der Waals surface area contributed by atoms with Crippen molar-refractivity contribution in [1.29, 1.82) is 0 Å². The topological polar surface area (TPSA) is 122 Å². The van der Waals surface area contributed by atoms with Crippen molar-refractivity contribution in [2.45, 2.75) is 6.42 Å².